The van der Waals surface area contributed by atoms with Crippen molar-refractivity contribution in [3.63, 3.8) is 0 Å². The van der Waals surface area contributed by atoms with Gasteiger partial charge in [-0.1, -0.05) is 12.8 Å². The van der Waals surface area contributed by atoms with Crippen molar-refractivity contribution in [2.75, 3.05) is 39.8 Å². The lowest BCUT2D eigenvalue weighted by Gasteiger charge is -2.48. The molecule has 2 atom stereocenters. The molecule has 0 aromatic heterocycles. The van der Waals surface area contributed by atoms with Crippen molar-refractivity contribution in [2.24, 2.45) is 23.2 Å². The highest BCUT2D eigenvalue weighted by atomic mass is 16.1. The molecule has 0 radical (unpaired) electrons. The molecule has 4 bridgehead atoms. The summed E-state index contributed by atoms with van der Waals surface area (Å²) in [6, 6.07) is 0. The summed E-state index contributed by atoms with van der Waals surface area (Å²) in [5.41, 5.74) is 0.0936. The molecule has 0 aromatic rings. The van der Waals surface area contributed by atoms with Crippen LogP contribution in [0.15, 0.2) is 0 Å². The summed E-state index contributed by atoms with van der Waals surface area (Å²) in [7, 11) is 2.18. The molecule has 3 heteroatoms. The van der Waals surface area contributed by atoms with E-state index >= 15 is 0 Å². The van der Waals surface area contributed by atoms with E-state index in [4.69, 9.17) is 0 Å². The summed E-state index contributed by atoms with van der Waals surface area (Å²) in [4.78, 5) is 17.9. The minimum atomic E-state index is 0.0936. The highest BCUT2D eigenvalue weighted by Gasteiger charge is 2.52. The lowest BCUT2D eigenvalue weighted by Crippen LogP contribution is -2.51. The van der Waals surface area contributed by atoms with Gasteiger partial charge in [0, 0.05) is 31.6 Å². The third kappa shape index (κ3) is 2.68. The molecule has 21 heavy (non-hydrogen) atoms. The topological polar surface area (TPSA) is 23.6 Å². The monoisotopic (exact) mass is 290 g/mol. The van der Waals surface area contributed by atoms with Gasteiger partial charge >= 0.3 is 0 Å². The molecule has 0 amide bonds. The summed E-state index contributed by atoms with van der Waals surface area (Å²) in [5.74, 6) is 3.22. The average molecular weight is 290 g/mol. The largest absolute Gasteiger partial charge is 0.304 e. The first kappa shape index (κ1) is 14.2. The molecule has 1 saturated heterocycles. The molecule has 4 aliphatic carbocycles. The molecule has 0 unspecified atom stereocenters. The van der Waals surface area contributed by atoms with Gasteiger partial charge in [0.05, 0.1) is 6.54 Å². The second-order valence-corrected chi connectivity index (χ2v) is 8.54. The van der Waals surface area contributed by atoms with E-state index in [2.05, 4.69) is 16.8 Å². The van der Waals surface area contributed by atoms with Crippen LogP contribution in [0.1, 0.15) is 44.9 Å². The SMILES string of the molecule is CN1CCN(CC(=O)C23CC4C[C@@H](CC[C@H](C4)C2)C3)CC1. The molecule has 5 fully saturated rings. The van der Waals surface area contributed by atoms with Gasteiger partial charge in [-0.25, -0.2) is 0 Å². The fourth-order valence-corrected chi connectivity index (χ4v) is 5.91. The molecular formula is C18H30N2O. The zero-order valence-corrected chi connectivity index (χ0v) is 13.5. The van der Waals surface area contributed by atoms with Gasteiger partial charge in [0.15, 0.2) is 5.78 Å². The van der Waals surface area contributed by atoms with Crippen LogP contribution >= 0.6 is 0 Å². The summed E-state index contributed by atoms with van der Waals surface area (Å²) in [5, 5.41) is 0. The predicted octanol–water partition coefficient (Wildman–Crippen LogP) is 2.41. The molecule has 0 N–H and O–H groups in total. The number of carbonyl (C=O) groups is 1. The maximum Gasteiger partial charge on any atom is 0.152 e. The molecule has 5 rings (SSSR count). The number of nitrogens with zero attached hydrogens (tertiary/aromatic N) is 2. The van der Waals surface area contributed by atoms with Gasteiger partial charge in [-0.2, -0.15) is 0 Å². The Morgan fingerprint density at radius 1 is 0.952 bits per heavy atom. The number of likely N-dealkylation sites (N-methyl/N-ethyl adjacent to an activating group) is 1. The number of piperazine rings is 1. The van der Waals surface area contributed by atoms with Gasteiger partial charge in [-0.05, 0) is 56.9 Å². The Balaban J connectivity index is 1.46. The standard InChI is InChI=1S/C18H30N2O/c1-19-4-6-20(7-5-19)13-17(21)18-10-14-2-3-15(11-18)9-16(8-14)12-18/h14-16H,2-13H2,1H3/t14-,15-,16?,18?/m1/s1. The van der Waals surface area contributed by atoms with E-state index in [-0.39, 0.29) is 5.41 Å². The van der Waals surface area contributed by atoms with Crippen LogP contribution < -0.4 is 0 Å². The van der Waals surface area contributed by atoms with Crippen molar-refractivity contribution >= 4 is 5.78 Å². The maximum absolute atomic E-state index is 13.1. The van der Waals surface area contributed by atoms with Crippen molar-refractivity contribution in [3.8, 4) is 0 Å². The maximum atomic E-state index is 13.1. The van der Waals surface area contributed by atoms with Crippen LogP contribution in [0.2, 0.25) is 0 Å². The third-order valence-corrected chi connectivity index (χ3v) is 6.91. The summed E-state index contributed by atoms with van der Waals surface area (Å²) < 4.78 is 0. The van der Waals surface area contributed by atoms with Gasteiger partial charge in [0.2, 0.25) is 0 Å². The van der Waals surface area contributed by atoms with Crippen LogP contribution in [0.3, 0.4) is 0 Å². The first-order valence-electron chi connectivity index (χ1n) is 9.07. The molecule has 0 aromatic carbocycles. The van der Waals surface area contributed by atoms with Gasteiger partial charge < -0.3 is 4.90 Å². The second-order valence-electron chi connectivity index (χ2n) is 8.54. The van der Waals surface area contributed by atoms with Crippen LogP contribution in [0.4, 0.5) is 0 Å². The average Bonchev–Trinajstić information content (AvgIpc) is 2.68. The van der Waals surface area contributed by atoms with Gasteiger partial charge in [0.25, 0.3) is 0 Å². The summed E-state index contributed by atoms with van der Waals surface area (Å²) in [6.07, 6.45) is 9.36. The molecule has 5 aliphatic rings. The molecule has 4 saturated carbocycles. The second kappa shape index (κ2) is 5.34. The van der Waals surface area contributed by atoms with E-state index in [1.54, 1.807) is 0 Å². The molecule has 118 valence electrons. The quantitative estimate of drug-likeness (QED) is 0.797. The smallest absolute Gasteiger partial charge is 0.152 e. The summed E-state index contributed by atoms with van der Waals surface area (Å²) >= 11 is 0. The Labute approximate surface area is 129 Å². The van der Waals surface area contributed by atoms with Crippen LogP contribution in [0.5, 0.6) is 0 Å². The van der Waals surface area contributed by atoms with Crippen molar-refractivity contribution in [2.45, 2.75) is 44.9 Å². The Morgan fingerprint density at radius 2 is 1.52 bits per heavy atom. The third-order valence-electron chi connectivity index (χ3n) is 6.91. The van der Waals surface area contributed by atoms with E-state index in [1.807, 2.05) is 0 Å². The number of carbonyl (C=O) groups excluding carboxylic acids is 1. The number of hydrogen-bond acceptors (Lipinski definition) is 3. The van der Waals surface area contributed by atoms with E-state index in [0.717, 1.165) is 50.5 Å². The minimum absolute atomic E-state index is 0.0936. The van der Waals surface area contributed by atoms with E-state index in [9.17, 15) is 4.79 Å². The molecule has 1 heterocycles. The highest BCUT2D eigenvalue weighted by molar-refractivity contribution is 5.87. The number of rotatable bonds is 3. The summed E-state index contributed by atoms with van der Waals surface area (Å²) in [6.45, 7) is 5.13. The molecule has 1 aliphatic heterocycles. The minimum Gasteiger partial charge on any atom is -0.304 e. The van der Waals surface area contributed by atoms with Crippen LogP contribution in [-0.2, 0) is 4.79 Å². The Kier molecular flexibility index (Phi) is 3.61. The lowest BCUT2D eigenvalue weighted by molar-refractivity contribution is -0.137. The van der Waals surface area contributed by atoms with Crippen LogP contribution in [0.25, 0.3) is 0 Å². The van der Waals surface area contributed by atoms with Crippen molar-refractivity contribution in [1.29, 1.82) is 0 Å². The van der Waals surface area contributed by atoms with E-state index in [0.29, 0.717) is 5.78 Å². The van der Waals surface area contributed by atoms with Crippen molar-refractivity contribution in [3.05, 3.63) is 0 Å². The lowest BCUT2D eigenvalue weighted by atomic mass is 9.57. The number of hydrogen-bond donors (Lipinski definition) is 0. The fraction of sp³-hybridized carbons (Fsp3) is 0.944. The Bertz CT molecular complexity index is 397. The zero-order valence-electron chi connectivity index (χ0n) is 13.5. The van der Waals surface area contributed by atoms with Gasteiger partial charge in [0.1, 0.15) is 0 Å². The molecular weight excluding hydrogens is 260 g/mol. The Morgan fingerprint density at radius 3 is 2.14 bits per heavy atom. The number of Topliss-reactive ketones (excluding diaryl/α,β-unsaturated/α-hetero) is 1. The number of fused-ring (bicyclic) bond motifs is 1. The van der Waals surface area contributed by atoms with E-state index in [1.165, 1.54) is 44.9 Å². The first-order valence-corrected chi connectivity index (χ1v) is 9.07. The van der Waals surface area contributed by atoms with Gasteiger partial charge in [-0.15, -0.1) is 0 Å². The fourth-order valence-electron chi connectivity index (χ4n) is 5.91. The molecule has 0 spiro atoms. The molecule has 3 nitrogen and oxygen atoms in total. The Hall–Kier alpha value is -0.410. The van der Waals surface area contributed by atoms with Crippen LogP contribution in [-0.4, -0.2) is 55.4 Å². The van der Waals surface area contributed by atoms with Crippen LogP contribution in [0, 0.1) is 23.2 Å². The van der Waals surface area contributed by atoms with E-state index < -0.39 is 0 Å². The highest BCUT2D eigenvalue weighted by Crippen LogP contribution is 2.58. The number of ketones is 1. The normalized spacial score (nSPS) is 44.0. The first-order chi connectivity index (χ1) is 10.1. The predicted molar refractivity (Wildman–Crippen MR) is 84.2 cm³/mol. The van der Waals surface area contributed by atoms with Crippen molar-refractivity contribution < 1.29 is 4.79 Å². The zero-order chi connectivity index (χ0) is 14.4. The van der Waals surface area contributed by atoms with Gasteiger partial charge in [-0.3, -0.25) is 9.69 Å². The van der Waals surface area contributed by atoms with Crippen molar-refractivity contribution in [1.82, 2.24) is 9.80 Å².